The fourth-order valence-electron chi connectivity index (χ4n) is 2.56. The van der Waals surface area contributed by atoms with Crippen LogP contribution in [0, 0.1) is 5.41 Å². The molecule has 1 rings (SSSR count). The van der Waals surface area contributed by atoms with Gasteiger partial charge in [0.05, 0.1) is 0 Å². The number of unbranched alkanes of at least 4 members (excludes halogenated alkanes) is 1. The first-order chi connectivity index (χ1) is 6.69. The van der Waals surface area contributed by atoms with Gasteiger partial charge in [0.2, 0.25) is 0 Å². The quantitative estimate of drug-likeness (QED) is 0.526. The van der Waals surface area contributed by atoms with Crippen LogP contribution >= 0.6 is 0 Å². The maximum atomic E-state index is 6.29. The van der Waals surface area contributed by atoms with E-state index in [9.17, 15) is 0 Å². The summed E-state index contributed by atoms with van der Waals surface area (Å²) >= 11 is 0. The van der Waals surface area contributed by atoms with Crippen molar-refractivity contribution in [2.45, 2.75) is 64.3 Å². The van der Waals surface area contributed by atoms with Gasteiger partial charge in [0.1, 0.15) is 0 Å². The van der Waals surface area contributed by atoms with E-state index in [1.165, 1.54) is 44.9 Å². The Morgan fingerprint density at radius 3 is 2.57 bits per heavy atom. The van der Waals surface area contributed by atoms with Crippen molar-refractivity contribution in [1.82, 2.24) is 0 Å². The van der Waals surface area contributed by atoms with Gasteiger partial charge in [-0.05, 0) is 37.5 Å². The molecule has 0 aromatic carbocycles. The maximum Gasteiger partial charge on any atom is 0.00930 e. The summed E-state index contributed by atoms with van der Waals surface area (Å²) < 4.78 is 0. The number of nitrogens with two attached hydrogens (primary N) is 1. The molecule has 0 aromatic heterocycles. The van der Waals surface area contributed by atoms with E-state index in [1.807, 2.05) is 6.08 Å². The summed E-state index contributed by atoms with van der Waals surface area (Å²) in [6.07, 6.45) is 12.3. The molecule has 0 amide bonds. The Labute approximate surface area is 88.8 Å². The third kappa shape index (κ3) is 3.13. The second-order valence-corrected chi connectivity index (χ2v) is 5.04. The molecule has 0 aromatic rings. The summed E-state index contributed by atoms with van der Waals surface area (Å²) in [6.45, 7) is 6.13. The highest BCUT2D eigenvalue weighted by molar-refractivity contribution is 4.88. The zero-order chi connectivity index (χ0) is 10.4. The van der Waals surface area contributed by atoms with Gasteiger partial charge in [0.25, 0.3) is 0 Å². The molecule has 14 heavy (non-hydrogen) atoms. The van der Waals surface area contributed by atoms with E-state index in [4.69, 9.17) is 5.73 Å². The molecule has 1 saturated carbocycles. The van der Waals surface area contributed by atoms with Crippen LogP contribution in [0.1, 0.15) is 58.3 Å². The normalized spacial score (nSPS) is 23.0. The van der Waals surface area contributed by atoms with Crippen LogP contribution in [-0.4, -0.2) is 6.04 Å². The summed E-state index contributed by atoms with van der Waals surface area (Å²) in [6, 6.07) is 0.405. The first-order valence-corrected chi connectivity index (χ1v) is 6.05. The summed E-state index contributed by atoms with van der Waals surface area (Å²) in [5, 5.41) is 0. The number of hydrogen-bond donors (Lipinski definition) is 1. The van der Waals surface area contributed by atoms with E-state index in [2.05, 4.69) is 13.5 Å². The summed E-state index contributed by atoms with van der Waals surface area (Å²) in [5.41, 5.74) is 6.72. The predicted octanol–water partition coefficient (Wildman–Crippen LogP) is 3.64. The van der Waals surface area contributed by atoms with Crippen molar-refractivity contribution in [2.75, 3.05) is 0 Å². The van der Waals surface area contributed by atoms with Crippen LogP contribution in [0.5, 0.6) is 0 Å². The Kier molecular flexibility index (Phi) is 4.67. The molecular formula is C13H25N. The van der Waals surface area contributed by atoms with Crippen LogP contribution in [0.15, 0.2) is 12.7 Å². The van der Waals surface area contributed by atoms with Crippen molar-refractivity contribution in [3.8, 4) is 0 Å². The number of hydrogen-bond acceptors (Lipinski definition) is 1. The van der Waals surface area contributed by atoms with Crippen LogP contribution in [0.25, 0.3) is 0 Å². The number of allylic oxidation sites excluding steroid dienone is 1. The van der Waals surface area contributed by atoms with Crippen LogP contribution < -0.4 is 5.73 Å². The molecule has 0 bridgehead atoms. The van der Waals surface area contributed by atoms with Crippen LogP contribution in [0.2, 0.25) is 0 Å². The monoisotopic (exact) mass is 195 g/mol. The second-order valence-electron chi connectivity index (χ2n) is 5.04. The zero-order valence-corrected chi connectivity index (χ0v) is 9.60. The minimum Gasteiger partial charge on any atom is -0.327 e. The summed E-state index contributed by atoms with van der Waals surface area (Å²) in [5.74, 6) is 0. The Bertz CT molecular complexity index is 168. The highest BCUT2D eigenvalue weighted by Gasteiger charge is 2.32. The molecule has 82 valence electrons. The molecule has 1 fully saturated rings. The summed E-state index contributed by atoms with van der Waals surface area (Å²) in [7, 11) is 0. The molecule has 0 spiro atoms. The van der Waals surface area contributed by atoms with Crippen LogP contribution in [0.3, 0.4) is 0 Å². The Balaban J connectivity index is 2.32. The SMILES string of the molecule is C=CCCCC(N)C1(C)CCCCC1. The predicted molar refractivity (Wildman–Crippen MR) is 63.2 cm³/mol. The minimum absolute atomic E-state index is 0.405. The van der Waals surface area contributed by atoms with Gasteiger partial charge in [-0.1, -0.05) is 32.3 Å². The lowest BCUT2D eigenvalue weighted by Crippen LogP contribution is -2.40. The molecule has 1 nitrogen and oxygen atoms in total. The Morgan fingerprint density at radius 2 is 2.00 bits per heavy atom. The van der Waals surface area contributed by atoms with Crippen molar-refractivity contribution < 1.29 is 0 Å². The van der Waals surface area contributed by atoms with E-state index in [0.29, 0.717) is 11.5 Å². The lowest BCUT2D eigenvalue weighted by Gasteiger charge is -2.39. The van der Waals surface area contributed by atoms with Crippen molar-refractivity contribution >= 4 is 0 Å². The van der Waals surface area contributed by atoms with E-state index < -0.39 is 0 Å². The Morgan fingerprint density at radius 1 is 1.36 bits per heavy atom. The van der Waals surface area contributed by atoms with Crippen LogP contribution in [0.4, 0.5) is 0 Å². The lowest BCUT2D eigenvalue weighted by molar-refractivity contribution is 0.162. The fourth-order valence-corrected chi connectivity index (χ4v) is 2.56. The molecule has 1 unspecified atom stereocenters. The van der Waals surface area contributed by atoms with Gasteiger partial charge < -0.3 is 5.73 Å². The molecule has 0 aliphatic heterocycles. The molecule has 1 aliphatic carbocycles. The van der Waals surface area contributed by atoms with Gasteiger partial charge in [0.15, 0.2) is 0 Å². The van der Waals surface area contributed by atoms with E-state index in [0.717, 1.165) is 6.42 Å². The maximum absolute atomic E-state index is 6.29. The van der Waals surface area contributed by atoms with Crippen molar-refractivity contribution in [3.63, 3.8) is 0 Å². The van der Waals surface area contributed by atoms with Gasteiger partial charge in [-0.25, -0.2) is 0 Å². The number of rotatable bonds is 5. The van der Waals surface area contributed by atoms with Crippen molar-refractivity contribution in [1.29, 1.82) is 0 Å². The van der Waals surface area contributed by atoms with Crippen molar-refractivity contribution in [2.24, 2.45) is 11.1 Å². The third-order valence-electron chi connectivity index (χ3n) is 3.81. The molecule has 2 N–H and O–H groups in total. The highest BCUT2D eigenvalue weighted by atomic mass is 14.7. The van der Waals surface area contributed by atoms with Crippen molar-refractivity contribution in [3.05, 3.63) is 12.7 Å². The van der Waals surface area contributed by atoms with Gasteiger partial charge >= 0.3 is 0 Å². The fraction of sp³-hybridized carbons (Fsp3) is 0.846. The molecule has 0 heterocycles. The average molecular weight is 195 g/mol. The Hall–Kier alpha value is -0.300. The van der Waals surface area contributed by atoms with E-state index >= 15 is 0 Å². The van der Waals surface area contributed by atoms with Gasteiger partial charge in [-0.3, -0.25) is 0 Å². The van der Waals surface area contributed by atoms with Crippen LogP contribution in [-0.2, 0) is 0 Å². The molecule has 0 saturated heterocycles. The minimum atomic E-state index is 0.405. The molecule has 1 atom stereocenters. The van der Waals surface area contributed by atoms with E-state index in [-0.39, 0.29) is 0 Å². The van der Waals surface area contributed by atoms with Gasteiger partial charge in [0, 0.05) is 6.04 Å². The first-order valence-electron chi connectivity index (χ1n) is 6.05. The zero-order valence-electron chi connectivity index (χ0n) is 9.60. The highest BCUT2D eigenvalue weighted by Crippen LogP contribution is 2.39. The topological polar surface area (TPSA) is 26.0 Å². The van der Waals surface area contributed by atoms with Gasteiger partial charge in [-0.2, -0.15) is 0 Å². The smallest absolute Gasteiger partial charge is 0.00930 e. The molecule has 1 aliphatic rings. The van der Waals surface area contributed by atoms with E-state index in [1.54, 1.807) is 0 Å². The standard InChI is InChI=1S/C13H25N/c1-3-4-6-9-12(14)13(2)10-7-5-8-11-13/h3,12H,1,4-11,14H2,2H3. The largest absolute Gasteiger partial charge is 0.327 e. The lowest BCUT2D eigenvalue weighted by atomic mass is 9.69. The first kappa shape index (κ1) is 11.8. The van der Waals surface area contributed by atoms with Gasteiger partial charge in [-0.15, -0.1) is 6.58 Å². The summed E-state index contributed by atoms with van der Waals surface area (Å²) in [4.78, 5) is 0. The molecule has 0 radical (unpaired) electrons. The third-order valence-corrected chi connectivity index (χ3v) is 3.81. The molecule has 1 heteroatoms. The second kappa shape index (κ2) is 5.55. The molecular weight excluding hydrogens is 170 g/mol. The average Bonchev–Trinajstić information content (AvgIpc) is 2.19.